The molecule has 1 aliphatic heterocycles. The second-order valence-electron chi connectivity index (χ2n) is 5.89. The van der Waals surface area contributed by atoms with Gasteiger partial charge in [-0.1, -0.05) is 20.8 Å². The number of carbonyl (C=O) groups excluding carboxylic acids is 2. The van der Waals surface area contributed by atoms with Gasteiger partial charge in [-0.3, -0.25) is 9.59 Å². The normalized spacial score (nSPS) is 14.2. The van der Waals surface area contributed by atoms with Crippen LogP contribution in [0.2, 0.25) is 0 Å². The summed E-state index contributed by atoms with van der Waals surface area (Å²) in [5.41, 5.74) is 2.98. The summed E-state index contributed by atoms with van der Waals surface area (Å²) < 4.78 is 0. The van der Waals surface area contributed by atoms with E-state index in [0.717, 1.165) is 49.2 Å². The van der Waals surface area contributed by atoms with E-state index in [1.54, 1.807) is 0 Å². The Bertz CT molecular complexity index is 550. The molecule has 0 radical (unpaired) electrons. The van der Waals surface area contributed by atoms with Gasteiger partial charge < -0.3 is 10.2 Å². The molecule has 2 rings (SSSR count). The zero-order chi connectivity index (χ0) is 16.1. The summed E-state index contributed by atoms with van der Waals surface area (Å²) in [5, 5.41) is 3.01. The van der Waals surface area contributed by atoms with E-state index >= 15 is 0 Å². The number of rotatable bonds is 6. The molecular formula is C18H26N2O2. The molecule has 1 heterocycles. The van der Waals surface area contributed by atoms with Gasteiger partial charge in [-0.15, -0.1) is 0 Å². The number of carbonyl (C=O) groups is 2. The molecule has 0 fully saturated rings. The molecule has 0 spiro atoms. The average Bonchev–Trinajstić information content (AvgIpc) is 2.51. The van der Waals surface area contributed by atoms with Crippen LogP contribution in [-0.2, 0) is 16.0 Å². The number of nitrogens with one attached hydrogen (secondary N) is 1. The predicted octanol–water partition coefficient (Wildman–Crippen LogP) is 3.75. The van der Waals surface area contributed by atoms with Crippen molar-refractivity contribution >= 4 is 23.2 Å². The van der Waals surface area contributed by atoms with Crippen LogP contribution >= 0.6 is 0 Å². The van der Waals surface area contributed by atoms with E-state index in [4.69, 9.17) is 0 Å². The minimum atomic E-state index is 0.0641. The third kappa shape index (κ3) is 3.49. The lowest BCUT2D eigenvalue weighted by molar-refractivity contribution is -0.120. The first-order valence-corrected chi connectivity index (χ1v) is 8.34. The number of amides is 2. The van der Waals surface area contributed by atoms with E-state index in [2.05, 4.69) is 12.2 Å². The minimum Gasteiger partial charge on any atom is -0.326 e. The lowest BCUT2D eigenvalue weighted by Gasteiger charge is -2.29. The number of hydrogen-bond acceptors (Lipinski definition) is 2. The summed E-state index contributed by atoms with van der Waals surface area (Å²) >= 11 is 0. The molecule has 1 aromatic rings. The SMILES string of the molecule is CCCN1C(=O)CCc2cc(NC(=O)C(CC)CC)ccc21. The van der Waals surface area contributed by atoms with E-state index in [1.165, 1.54) is 0 Å². The van der Waals surface area contributed by atoms with Crippen molar-refractivity contribution < 1.29 is 9.59 Å². The molecule has 1 aliphatic rings. The Morgan fingerprint density at radius 1 is 1.23 bits per heavy atom. The van der Waals surface area contributed by atoms with Crippen molar-refractivity contribution in [1.82, 2.24) is 0 Å². The maximum Gasteiger partial charge on any atom is 0.227 e. The summed E-state index contributed by atoms with van der Waals surface area (Å²) in [7, 11) is 0. The Kier molecular flexibility index (Phi) is 5.58. The number of aryl methyl sites for hydroxylation is 1. The van der Waals surface area contributed by atoms with Crippen molar-refractivity contribution in [2.24, 2.45) is 5.92 Å². The highest BCUT2D eigenvalue weighted by atomic mass is 16.2. The molecule has 0 aromatic heterocycles. The number of nitrogens with zero attached hydrogens (tertiary/aromatic N) is 1. The van der Waals surface area contributed by atoms with Crippen LogP contribution in [-0.4, -0.2) is 18.4 Å². The first-order chi connectivity index (χ1) is 10.6. The van der Waals surface area contributed by atoms with Crippen molar-refractivity contribution in [3.63, 3.8) is 0 Å². The fourth-order valence-corrected chi connectivity index (χ4v) is 3.01. The molecule has 0 saturated carbocycles. The highest BCUT2D eigenvalue weighted by molar-refractivity contribution is 5.98. The van der Waals surface area contributed by atoms with E-state index < -0.39 is 0 Å². The maximum absolute atomic E-state index is 12.2. The van der Waals surface area contributed by atoms with Crippen LogP contribution < -0.4 is 10.2 Å². The van der Waals surface area contributed by atoms with Crippen LogP contribution in [0.15, 0.2) is 18.2 Å². The Morgan fingerprint density at radius 2 is 1.95 bits per heavy atom. The molecular weight excluding hydrogens is 276 g/mol. The van der Waals surface area contributed by atoms with E-state index in [9.17, 15) is 9.59 Å². The first kappa shape index (κ1) is 16.5. The largest absolute Gasteiger partial charge is 0.326 e. The van der Waals surface area contributed by atoms with Gasteiger partial charge in [0, 0.05) is 30.3 Å². The summed E-state index contributed by atoms with van der Waals surface area (Å²) in [6.07, 6.45) is 3.95. The highest BCUT2D eigenvalue weighted by Crippen LogP contribution is 2.30. The van der Waals surface area contributed by atoms with Gasteiger partial charge in [0.1, 0.15) is 0 Å². The molecule has 22 heavy (non-hydrogen) atoms. The third-order valence-corrected chi connectivity index (χ3v) is 4.35. The fourth-order valence-electron chi connectivity index (χ4n) is 3.01. The zero-order valence-corrected chi connectivity index (χ0v) is 13.8. The van der Waals surface area contributed by atoms with Gasteiger partial charge in [-0.2, -0.15) is 0 Å². The number of anilines is 2. The Hall–Kier alpha value is -1.84. The molecule has 1 N–H and O–H groups in total. The Balaban J connectivity index is 2.18. The van der Waals surface area contributed by atoms with Crippen molar-refractivity contribution in [2.75, 3.05) is 16.8 Å². The monoisotopic (exact) mass is 302 g/mol. The minimum absolute atomic E-state index is 0.0641. The van der Waals surface area contributed by atoms with Gasteiger partial charge in [0.2, 0.25) is 11.8 Å². The third-order valence-electron chi connectivity index (χ3n) is 4.35. The standard InChI is InChI=1S/C18H26N2O2/c1-4-11-20-16-9-8-15(12-14(16)7-10-17(20)21)19-18(22)13(5-2)6-3/h8-9,12-13H,4-7,10-11H2,1-3H3,(H,19,22). The zero-order valence-electron chi connectivity index (χ0n) is 13.8. The maximum atomic E-state index is 12.2. The average molecular weight is 302 g/mol. The molecule has 0 atom stereocenters. The van der Waals surface area contributed by atoms with Crippen molar-refractivity contribution in [3.8, 4) is 0 Å². The van der Waals surface area contributed by atoms with Gasteiger partial charge in [-0.25, -0.2) is 0 Å². The van der Waals surface area contributed by atoms with Crippen LogP contribution in [0, 0.1) is 5.92 Å². The van der Waals surface area contributed by atoms with Gasteiger partial charge in [-0.05, 0) is 49.4 Å². The topological polar surface area (TPSA) is 49.4 Å². The molecule has 120 valence electrons. The molecule has 0 aliphatic carbocycles. The van der Waals surface area contributed by atoms with Crippen molar-refractivity contribution in [1.29, 1.82) is 0 Å². The Labute approximate surface area is 132 Å². The van der Waals surface area contributed by atoms with Gasteiger partial charge >= 0.3 is 0 Å². The molecule has 1 aromatic carbocycles. The first-order valence-electron chi connectivity index (χ1n) is 8.34. The second-order valence-corrected chi connectivity index (χ2v) is 5.89. The predicted molar refractivity (Wildman–Crippen MR) is 90.1 cm³/mol. The quantitative estimate of drug-likeness (QED) is 0.870. The number of fused-ring (bicyclic) bond motifs is 1. The van der Waals surface area contributed by atoms with Crippen molar-refractivity contribution in [3.05, 3.63) is 23.8 Å². The number of hydrogen-bond donors (Lipinski definition) is 1. The van der Waals surface area contributed by atoms with Gasteiger partial charge in [0.05, 0.1) is 0 Å². The lowest BCUT2D eigenvalue weighted by atomic mass is 9.99. The summed E-state index contributed by atoms with van der Waals surface area (Å²) in [6, 6.07) is 5.88. The van der Waals surface area contributed by atoms with E-state index in [0.29, 0.717) is 6.42 Å². The van der Waals surface area contributed by atoms with Crippen LogP contribution in [0.3, 0.4) is 0 Å². The van der Waals surface area contributed by atoms with E-state index in [-0.39, 0.29) is 17.7 Å². The van der Waals surface area contributed by atoms with E-state index in [1.807, 2.05) is 36.9 Å². The summed E-state index contributed by atoms with van der Waals surface area (Å²) in [4.78, 5) is 26.1. The van der Waals surface area contributed by atoms with Crippen LogP contribution in [0.5, 0.6) is 0 Å². The van der Waals surface area contributed by atoms with Crippen LogP contribution in [0.4, 0.5) is 11.4 Å². The summed E-state index contributed by atoms with van der Waals surface area (Å²) in [6.45, 7) is 6.90. The lowest BCUT2D eigenvalue weighted by Crippen LogP contribution is -2.35. The van der Waals surface area contributed by atoms with Gasteiger partial charge in [0.25, 0.3) is 0 Å². The molecule has 2 amide bonds. The molecule has 4 heteroatoms. The molecule has 0 unspecified atom stereocenters. The summed E-state index contributed by atoms with van der Waals surface area (Å²) in [5.74, 6) is 0.347. The molecule has 4 nitrogen and oxygen atoms in total. The highest BCUT2D eigenvalue weighted by Gasteiger charge is 2.24. The van der Waals surface area contributed by atoms with Gasteiger partial charge in [0.15, 0.2) is 0 Å². The van der Waals surface area contributed by atoms with Crippen LogP contribution in [0.1, 0.15) is 52.0 Å². The van der Waals surface area contributed by atoms with Crippen LogP contribution in [0.25, 0.3) is 0 Å². The number of benzene rings is 1. The fraction of sp³-hybridized carbons (Fsp3) is 0.556. The Morgan fingerprint density at radius 3 is 2.59 bits per heavy atom. The van der Waals surface area contributed by atoms with Crippen molar-refractivity contribution in [2.45, 2.75) is 52.9 Å². The molecule has 0 bridgehead atoms. The molecule has 0 saturated heterocycles. The smallest absolute Gasteiger partial charge is 0.227 e. The second kappa shape index (κ2) is 7.43.